The largest absolute Gasteiger partial charge is 0.472 e. The van der Waals surface area contributed by atoms with Crippen molar-refractivity contribution >= 4 is 13.7 Å². The highest BCUT2D eigenvalue weighted by Gasteiger charge is 2.28. The molecule has 1 amide bonds. The van der Waals surface area contributed by atoms with Crippen molar-refractivity contribution in [2.24, 2.45) is 0 Å². The summed E-state index contributed by atoms with van der Waals surface area (Å²) in [6.45, 7) is 4.66. The Morgan fingerprint density at radius 3 is 0.989 bits per heavy atom. The van der Waals surface area contributed by atoms with Gasteiger partial charge in [-0.2, -0.15) is 0 Å². The van der Waals surface area contributed by atoms with Crippen LogP contribution in [0.5, 0.6) is 0 Å². The van der Waals surface area contributed by atoms with E-state index >= 15 is 0 Å². The minimum atomic E-state index is -4.39. The average molecular weight is 1310 g/mol. The van der Waals surface area contributed by atoms with Crippen LogP contribution in [0.1, 0.15) is 290 Å². The Bertz CT molecular complexity index is 2180. The van der Waals surface area contributed by atoms with Gasteiger partial charge in [-0.25, -0.2) is 4.57 Å². The summed E-state index contributed by atoms with van der Waals surface area (Å²) in [4.78, 5) is 23.4. The van der Waals surface area contributed by atoms with E-state index < -0.39 is 20.0 Å². The van der Waals surface area contributed by atoms with Crippen LogP contribution in [0.2, 0.25) is 0 Å². The Kier molecular flexibility index (Phi) is 68.5. The van der Waals surface area contributed by atoms with Gasteiger partial charge < -0.3 is 19.8 Å². The fraction of sp³-hybridized carbons (Fsp3) is 0.631. The minimum Gasteiger partial charge on any atom is -0.387 e. The van der Waals surface area contributed by atoms with Crippen molar-refractivity contribution in [2.75, 3.05) is 40.9 Å². The van der Waals surface area contributed by atoms with Gasteiger partial charge in [0.2, 0.25) is 5.91 Å². The molecule has 528 valence electrons. The molecule has 3 N–H and O–H groups in total. The number of phosphoric ester groups is 1. The number of likely N-dealkylation sites (N-methyl/N-ethyl adjacent to an activating group) is 1. The van der Waals surface area contributed by atoms with E-state index in [-0.39, 0.29) is 19.1 Å². The number of allylic oxidation sites excluding steroid dienone is 29. The third-order valence-corrected chi connectivity index (χ3v) is 16.8. The molecule has 93 heavy (non-hydrogen) atoms. The summed E-state index contributed by atoms with van der Waals surface area (Å²) in [5.41, 5.74) is 0. The summed E-state index contributed by atoms with van der Waals surface area (Å²) >= 11 is 0. The molecular weight excluding hydrogens is 1160 g/mol. The normalized spacial score (nSPS) is 14.6. The first-order valence-corrected chi connectivity index (χ1v) is 39.2. The zero-order chi connectivity index (χ0) is 67.6. The highest BCUT2D eigenvalue weighted by atomic mass is 31.2. The predicted octanol–water partition coefficient (Wildman–Crippen LogP) is 24.8. The van der Waals surface area contributed by atoms with E-state index in [0.29, 0.717) is 17.4 Å². The predicted molar refractivity (Wildman–Crippen MR) is 410 cm³/mol. The van der Waals surface area contributed by atoms with Crippen LogP contribution in [0.3, 0.4) is 0 Å². The fourth-order valence-corrected chi connectivity index (χ4v) is 10.8. The molecule has 0 aromatic rings. The fourth-order valence-electron chi connectivity index (χ4n) is 10.1. The lowest BCUT2D eigenvalue weighted by atomic mass is 10.0. The van der Waals surface area contributed by atoms with Crippen molar-refractivity contribution in [1.82, 2.24) is 5.32 Å². The topological polar surface area (TPSA) is 105 Å². The van der Waals surface area contributed by atoms with E-state index in [1.54, 1.807) is 6.08 Å². The number of carbonyl (C=O) groups excluding carboxylic acids is 1. The van der Waals surface area contributed by atoms with E-state index in [1.807, 2.05) is 27.2 Å². The summed E-state index contributed by atoms with van der Waals surface area (Å²) in [5, 5.41) is 14.0. The number of nitrogens with zero attached hydrogens (tertiary/aromatic N) is 1. The molecule has 0 saturated heterocycles. The first kappa shape index (κ1) is 88.6. The first-order chi connectivity index (χ1) is 45.5. The van der Waals surface area contributed by atoms with Gasteiger partial charge in [-0.1, -0.05) is 331 Å². The van der Waals surface area contributed by atoms with Crippen molar-refractivity contribution in [3.05, 3.63) is 182 Å². The third-order valence-electron chi connectivity index (χ3n) is 15.8. The Balaban J connectivity index is 4.24. The van der Waals surface area contributed by atoms with Gasteiger partial charge in [0.1, 0.15) is 13.2 Å². The van der Waals surface area contributed by atoms with Crippen LogP contribution in [-0.2, 0) is 18.4 Å². The van der Waals surface area contributed by atoms with Crippen molar-refractivity contribution in [1.29, 1.82) is 0 Å². The van der Waals surface area contributed by atoms with Crippen LogP contribution >= 0.6 is 7.82 Å². The average Bonchev–Trinajstić information content (AvgIpc) is 2.75. The van der Waals surface area contributed by atoms with E-state index in [4.69, 9.17) is 9.05 Å². The number of amides is 1. The van der Waals surface area contributed by atoms with Gasteiger partial charge in [0, 0.05) is 6.42 Å². The molecule has 0 aliphatic heterocycles. The number of nitrogens with one attached hydrogen (secondary N) is 1. The quantitative estimate of drug-likeness (QED) is 0.0243. The number of aliphatic hydroxyl groups is 1. The molecular formula is C84H142N2O6P+. The van der Waals surface area contributed by atoms with Crippen LogP contribution in [0.4, 0.5) is 0 Å². The molecule has 0 spiro atoms. The van der Waals surface area contributed by atoms with E-state index in [9.17, 15) is 19.4 Å². The highest BCUT2D eigenvalue weighted by molar-refractivity contribution is 7.47. The zero-order valence-electron chi connectivity index (χ0n) is 60.4. The standard InChI is InChI=1S/C84H141N2O6P/c1-6-8-10-12-14-16-18-20-22-24-26-28-30-32-34-36-38-39-40-41-42-43-44-45-46-47-48-50-52-54-56-58-60-62-64-66-68-70-72-74-76-78-84(88)85-82(81-92-93(89,90)91-80-79-86(3,4)5)83(87)77-75-73-71-69-67-65-63-61-59-57-55-53-51-49-37-35-33-31-29-27-25-23-21-19-17-15-13-11-9-7-2/h8,10,14,16,20,22,26,28,32,34,38-39,41-42,44-45,47-48,52,54,58-61,64,66-67,69,75,77,82-83,87H,6-7,9,11-13,15,17-19,21,23-25,27,29-31,33,35-37,40,43,46,49-51,53,55-57,62-63,65,68,70-74,76,78-81H2,1-5H3,(H-,85,88,89,90)/p+1/b10-8-,16-14-,22-20-,28-26-,34-32-,39-38-,42-41-,45-44-,48-47-,54-52-,60-58-,61-59+,66-64-,69-67+,77-75+. The summed E-state index contributed by atoms with van der Waals surface area (Å²) in [6.07, 6.45) is 115. The van der Waals surface area contributed by atoms with Gasteiger partial charge in [-0.15, -0.1) is 0 Å². The Morgan fingerprint density at radius 2 is 0.656 bits per heavy atom. The van der Waals surface area contributed by atoms with Crippen LogP contribution in [0.15, 0.2) is 182 Å². The Morgan fingerprint density at radius 1 is 0.376 bits per heavy atom. The van der Waals surface area contributed by atoms with Crippen molar-refractivity contribution in [3.8, 4) is 0 Å². The molecule has 0 radical (unpaired) electrons. The van der Waals surface area contributed by atoms with Crippen molar-refractivity contribution in [2.45, 2.75) is 302 Å². The van der Waals surface area contributed by atoms with Gasteiger partial charge in [-0.05, 0) is 135 Å². The lowest BCUT2D eigenvalue weighted by molar-refractivity contribution is -0.870. The minimum absolute atomic E-state index is 0.0385. The molecule has 3 atom stereocenters. The van der Waals surface area contributed by atoms with Crippen LogP contribution in [0.25, 0.3) is 0 Å². The molecule has 3 unspecified atom stereocenters. The third kappa shape index (κ3) is 74.9. The summed E-state index contributed by atoms with van der Waals surface area (Å²) in [6, 6.07) is -0.900. The summed E-state index contributed by atoms with van der Waals surface area (Å²) in [5.74, 6) is -0.221. The number of carbonyl (C=O) groups is 1. The van der Waals surface area contributed by atoms with E-state index in [0.717, 1.165) is 135 Å². The van der Waals surface area contributed by atoms with Crippen molar-refractivity contribution < 1.29 is 32.9 Å². The van der Waals surface area contributed by atoms with E-state index in [1.165, 1.54) is 135 Å². The monoisotopic (exact) mass is 1310 g/mol. The molecule has 9 heteroatoms. The molecule has 0 fully saturated rings. The Labute approximate surface area is 574 Å². The number of quaternary nitrogens is 1. The molecule has 0 aliphatic carbocycles. The van der Waals surface area contributed by atoms with Gasteiger partial charge in [0.15, 0.2) is 0 Å². The molecule has 0 rings (SSSR count). The van der Waals surface area contributed by atoms with E-state index in [2.05, 4.69) is 189 Å². The second kappa shape index (κ2) is 71.9. The Hall–Kier alpha value is -4.40. The molecule has 8 nitrogen and oxygen atoms in total. The van der Waals surface area contributed by atoms with Crippen LogP contribution in [0, 0.1) is 0 Å². The van der Waals surface area contributed by atoms with Gasteiger partial charge in [0.25, 0.3) is 0 Å². The highest BCUT2D eigenvalue weighted by Crippen LogP contribution is 2.43. The number of hydrogen-bond acceptors (Lipinski definition) is 5. The smallest absolute Gasteiger partial charge is 0.387 e. The maximum absolute atomic E-state index is 13.1. The molecule has 0 aliphatic rings. The number of unbranched alkanes of at least 4 members (excludes halogenated alkanes) is 26. The van der Waals surface area contributed by atoms with Gasteiger partial charge in [0.05, 0.1) is 39.9 Å². The van der Waals surface area contributed by atoms with Gasteiger partial charge in [-0.3, -0.25) is 13.8 Å². The molecule has 0 saturated carbocycles. The SMILES string of the molecule is CC/C=C\C/C=C\C/C=C\C/C=C\C/C=C\C/C=C\C/C=C\C/C=C\C/C=C\C/C=C\C/C=C\C/C=C\CCCCCCC(=O)NC(COP(=O)(O)OCC[N+](C)(C)C)C(O)/C=C/CC/C=C/CC/C=C/CCCCCCCCCCCCCCCCCCCCCC. The van der Waals surface area contributed by atoms with Crippen LogP contribution < -0.4 is 5.32 Å². The second-order valence-electron chi connectivity index (χ2n) is 25.9. The number of phosphoric acid groups is 1. The number of rotatable bonds is 67. The van der Waals surface area contributed by atoms with Gasteiger partial charge >= 0.3 is 7.82 Å². The first-order valence-electron chi connectivity index (χ1n) is 37.7. The summed E-state index contributed by atoms with van der Waals surface area (Å²) in [7, 11) is 1.51. The maximum Gasteiger partial charge on any atom is 0.472 e. The summed E-state index contributed by atoms with van der Waals surface area (Å²) < 4.78 is 23.8. The number of aliphatic hydroxyl groups excluding tert-OH is 1. The maximum atomic E-state index is 13.1. The lowest BCUT2D eigenvalue weighted by Crippen LogP contribution is -2.45. The molecule has 0 heterocycles. The van der Waals surface area contributed by atoms with Crippen LogP contribution in [-0.4, -0.2) is 73.4 Å². The molecule has 0 aromatic carbocycles. The number of hydrogen-bond donors (Lipinski definition) is 3. The second-order valence-corrected chi connectivity index (χ2v) is 27.4. The molecule has 0 aromatic heterocycles. The molecule has 0 bridgehead atoms. The lowest BCUT2D eigenvalue weighted by Gasteiger charge is -2.25. The van der Waals surface area contributed by atoms with Crippen molar-refractivity contribution in [3.63, 3.8) is 0 Å². The zero-order valence-corrected chi connectivity index (χ0v) is 61.3.